The molecule has 0 aromatic rings. The average Bonchev–Trinajstić information content (AvgIpc) is 2.32. The number of hydrogen-bond acceptors (Lipinski definition) is 3. The van der Waals surface area contributed by atoms with E-state index in [0.29, 0.717) is 4.90 Å². The zero-order chi connectivity index (χ0) is 9.14. The molecule has 1 rings (SSSR count). The number of imide groups is 3. The van der Waals surface area contributed by atoms with Crippen LogP contribution in [0.3, 0.4) is 0 Å². The first-order valence-corrected chi connectivity index (χ1v) is 3.69. The second-order valence-corrected chi connectivity index (χ2v) is 2.46. The zero-order valence-corrected chi connectivity index (χ0v) is 6.74. The van der Waals surface area contributed by atoms with Crippen LogP contribution in [-0.2, 0) is 14.4 Å². The van der Waals surface area contributed by atoms with Crippen molar-refractivity contribution in [3.05, 3.63) is 12.2 Å². The van der Waals surface area contributed by atoms with Gasteiger partial charge in [-0.3, -0.25) is 14.4 Å². The Bertz CT molecular complexity index is 251. The van der Waals surface area contributed by atoms with Gasteiger partial charge in [0, 0.05) is 12.8 Å². The van der Waals surface area contributed by atoms with Crippen LogP contribution in [0.2, 0.25) is 0 Å². The van der Waals surface area contributed by atoms with Gasteiger partial charge in [0.25, 0.3) is 5.91 Å². The zero-order valence-electron chi connectivity index (χ0n) is 6.74. The van der Waals surface area contributed by atoms with E-state index in [9.17, 15) is 14.4 Å². The molecule has 0 bridgehead atoms. The first kappa shape index (κ1) is 8.64. The second-order valence-electron chi connectivity index (χ2n) is 2.46. The maximum atomic E-state index is 11.1. The van der Waals surface area contributed by atoms with Gasteiger partial charge in [-0.05, 0) is 13.0 Å². The van der Waals surface area contributed by atoms with Gasteiger partial charge < -0.3 is 0 Å². The molecule has 0 aromatic carbocycles. The van der Waals surface area contributed by atoms with Crippen molar-refractivity contribution >= 4 is 17.7 Å². The van der Waals surface area contributed by atoms with Crippen molar-refractivity contribution in [1.29, 1.82) is 0 Å². The van der Waals surface area contributed by atoms with Gasteiger partial charge in [-0.25, -0.2) is 4.90 Å². The lowest BCUT2D eigenvalue weighted by atomic mass is 10.4. The molecule has 0 N–H and O–H groups in total. The minimum absolute atomic E-state index is 0.155. The third-order valence-electron chi connectivity index (χ3n) is 1.58. The van der Waals surface area contributed by atoms with E-state index in [1.807, 2.05) is 0 Å². The average molecular weight is 167 g/mol. The molecule has 1 aliphatic heterocycles. The summed E-state index contributed by atoms with van der Waals surface area (Å²) in [5.74, 6) is -1.34. The number of nitrogens with zero attached hydrogens (tertiary/aromatic N) is 1. The summed E-state index contributed by atoms with van der Waals surface area (Å²) in [5, 5.41) is 0. The van der Waals surface area contributed by atoms with E-state index in [1.165, 1.54) is 12.2 Å². The van der Waals surface area contributed by atoms with E-state index < -0.39 is 17.7 Å². The lowest BCUT2D eigenvalue weighted by Gasteiger charge is -2.07. The van der Waals surface area contributed by atoms with Crippen LogP contribution >= 0.6 is 0 Å². The first-order valence-electron chi connectivity index (χ1n) is 3.69. The van der Waals surface area contributed by atoms with Crippen molar-refractivity contribution in [2.45, 2.75) is 19.8 Å². The Morgan fingerprint density at radius 1 is 1.33 bits per heavy atom. The first-order chi connectivity index (χ1) is 5.66. The van der Waals surface area contributed by atoms with Gasteiger partial charge in [-0.2, -0.15) is 0 Å². The molecule has 1 fully saturated rings. The molecular weight excluding hydrogens is 158 g/mol. The van der Waals surface area contributed by atoms with E-state index in [4.69, 9.17) is 0 Å². The Kier molecular flexibility index (Phi) is 2.38. The molecule has 64 valence electrons. The highest BCUT2D eigenvalue weighted by Gasteiger charge is 2.32. The number of carbonyl (C=O) groups excluding carboxylic acids is 3. The summed E-state index contributed by atoms with van der Waals surface area (Å²) in [6.07, 6.45) is 3.02. The second kappa shape index (κ2) is 3.30. The molecule has 1 aliphatic rings. The summed E-state index contributed by atoms with van der Waals surface area (Å²) in [6.45, 7) is 1.66. The smallest absolute Gasteiger partial charge is 0.259 e. The molecule has 0 radical (unpaired) electrons. The van der Waals surface area contributed by atoms with E-state index >= 15 is 0 Å². The Morgan fingerprint density at radius 3 is 2.25 bits per heavy atom. The van der Waals surface area contributed by atoms with E-state index in [1.54, 1.807) is 6.92 Å². The minimum Gasteiger partial charge on any atom is -0.274 e. The number of amides is 3. The number of rotatable bonds is 1. The molecule has 0 atom stereocenters. The van der Waals surface area contributed by atoms with Crippen molar-refractivity contribution in [3.8, 4) is 0 Å². The summed E-state index contributed by atoms with van der Waals surface area (Å²) in [5.41, 5.74) is 0. The monoisotopic (exact) mass is 167 g/mol. The number of carbonyl (C=O) groups is 3. The summed E-state index contributed by atoms with van der Waals surface area (Å²) in [6, 6.07) is 0. The van der Waals surface area contributed by atoms with Gasteiger partial charge >= 0.3 is 0 Å². The lowest BCUT2D eigenvalue weighted by molar-refractivity contribution is -0.146. The van der Waals surface area contributed by atoms with Crippen molar-refractivity contribution in [2.75, 3.05) is 0 Å². The van der Waals surface area contributed by atoms with Crippen LogP contribution in [0.15, 0.2) is 12.2 Å². The fraction of sp³-hybridized carbons (Fsp3) is 0.375. The van der Waals surface area contributed by atoms with Gasteiger partial charge in [-0.15, -0.1) is 0 Å². The highest BCUT2D eigenvalue weighted by Crippen LogP contribution is 2.11. The van der Waals surface area contributed by atoms with Crippen molar-refractivity contribution in [1.82, 2.24) is 4.90 Å². The molecule has 3 amide bonds. The Hall–Kier alpha value is -1.45. The molecule has 4 nitrogen and oxygen atoms in total. The van der Waals surface area contributed by atoms with Gasteiger partial charge in [0.2, 0.25) is 11.8 Å². The summed E-state index contributed by atoms with van der Waals surface area (Å²) < 4.78 is 0. The van der Waals surface area contributed by atoms with Crippen LogP contribution in [0.25, 0.3) is 0 Å². The van der Waals surface area contributed by atoms with Crippen LogP contribution in [0.1, 0.15) is 19.8 Å². The summed E-state index contributed by atoms with van der Waals surface area (Å²) >= 11 is 0. The van der Waals surface area contributed by atoms with Crippen LogP contribution in [0.5, 0.6) is 0 Å². The lowest BCUT2D eigenvalue weighted by Crippen LogP contribution is -2.34. The molecule has 0 spiro atoms. The van der Waals surface area contributed by atoms with Crippen molar-refractivity contribution < 1.29 is 14.4 Å². The fourth-order valence-corrected chi connectivity index (χ4v) is 1.04. The van der Waals surface area contributed by atoms with Crippen molar-refractivity contribution in [3.63, 3.8) is 0 Å². The topological polar surface area (TPSA) is 54.5 Å². The van der Waals surface area contributed by atoms with Crippen molar-refractivity contribution in [2.24, 2.45) is 0 Å². The maximum Gasteiger partial charge on any atom is 0.259 e. The Labute approximate surface area is 69.8 Å². The summed E-state index contributed by atoms with van der Waals surface area (Å²) in [7, 11) is 0. The van der Waals surface area contributed by atoms with Gasteiger partial charge in [0.05, 0.1) is 0 Å². The highest BCUT2D eigenvalue weighted by atomic mass is 16.2. The number of hydrogen-bond donors (Lipinski definition) is 0. The van der Waals surface area contributed by atoms with Crippen LogP contribution in [0.4, 0.5) is 0 Å². The van der Waals surface area contributed by atoms with E-state index in [0.717, 1.165) is 0 Å². The predicted octanol–water partition coefficient (Wildman–Crippen LogP) is 0.238. The minimum atomic E-state index is -0.537. The number of likely N-dealkylation sites (tertiary alicyclic amines) is 1. The van der Waals surface area contributed by atoms with Crippen LogP contribution < -0.4 is 0 Å². The quantitative estimate of drug-likeness (QED) is 0.415. The Morgan fingerprint density at radius 2 is 1.83 bits per heavy atom. The normalized spacial score (nSPS) is 17.9. The standard InChI is InChI=1S/C8H9NO3/c1-2-3-6(10)9-7(11)4-5-8(9)12/h2-3H,4-5H2,1H3/b3-2+. The Balaban J connectivity index is 2.79. The predicted molar refractivity (Wildman–Crippen MR) is 40.9 cm³/mol. The fourth-order valence-electron chi connectivity index (χ4n) is 1.04. The molecule has 1 heterocycles. The molecule has 0 aliphatic carbocycles. The third kappa shape index (κ3) is 1.42. The molecule has 0 aromatic heterocycles. The molecule has 0 unspecified atom stereocenters. The molecule has 4 heteroatoms. The van der Waals surface area contributed by atoms with E-state index in [2.05, 4.69) is 0 Å². The van der Waals surface area contributed by atoms with E-state index in [-0.39, 0.29) is 12.8 Å². The number of allylic oxidation sites excluding steroid dienone is 1. The maximum absolute atomic E-state index is 11.1. The third-order valence-corrected chi connectivity index (χ3v) is 1.58. The SMILES string of the molecule is C/C=C/C(=O)N1C(=O)CCC1=O. The molecule has 0 saturated carbocycles. The van der Waals surface area contributed by atoms with Gasteiger partial charge in [-0.1, -0.05) is 6.08 Å². The molecule has 1 saturated heterocycles. The highest BCUT2D eigenvalue weighted by molar-refractivity contribution is 6.17. The largest absolute Gasteiger partial charge is 0.274 e. The van der Waals surface area contributed by atoms with Gasteiger partial charge in [0.15, 0.2) is 0 Å². The summed E-state index contributed by atoms with van der Waals surface area (Å²) in [4.78, 5) is 33.7. The molecule has 12 heavy (non-hydrogen) atoms. The molecular formula is C8H9NO3. The van der Waals surface area contributed by atoms with Crippen LogP contribution in [0, 0.1) is 0 Å². The van der Waals surface area contributed by atoms with Crippen LogP contribution in [-0.4, -0.2) is 22.6 Å². The van der Waals surface area contributed by atoms with Gasteiger partial charge in [0.1, 0.15) is 0 Å².